The van der Waals surface area contributed by atoms with Crippen LogP contribution in [0.3, 0.4) is 0 Å². The molecule has 3 N–H and O–H groups in total. The van der Waals surface area contributed by atoms with Gasteiger partial charge in [-0.05, 0) is 0 Å². The Kier molecular flexibility index (Phi) is 16.8. The Balaban J connectivity index is 0. The fourth-order valence-electron chi connectivity index (χ4n) is 2.17. The molecule has 1 aliphatic heterocycles. The van der Waals surface area contributed by atoms with Crippen molar-refractivity contribution in [1.29, 1.82) is 0 Å². The maximum Gasteiger partial charge on any atom is 0.317 e. The van der Waals surface area contributed by atoms with E-state index in [0.29, 0.717) is 39.3 Å². The average Bonchev–Trinajstić information content (AvgIpc) is 2.64. The zero-order chi connectivity index (χ0) is 19.0. The molecule has 1 rings (SSSR count). The largest absolute Gasteiger partial charge is 0.480 e. The summed E-state index contributed by atoms with van der Waals surface area (Å²) in [6.45, 7) is 7.47. The van der Waals surface area contributed by atoms with Crippen LogP contribution >= 0.6 is 0 Å². The minimum Gasteiger partial charge on any atom is -0.480 e. The highest BCUT2D eigenvalue weighted by Gasteiger charge is 2.18. The van der Waals surface area contributed by atoms with E-state index in [9.17, 15) is 14.4 Å². The van der Waals surface area contributed by atoms with Crippen molar-refractivity contribution in [3.63, 3.8) is 0 Å². The molecule has 0 aliphatic carbocycles. The number of nitrogens with zero attached hydrogens (tertiary/aromatic N) is 3. The predicted molar refractivity (Wildman–Crippen MR) is 90.1 cm³/mol. The topological polar surface area (TPSA) is 122 Å². The van der Waals surface area contributed by atoms with E-state index in [0.717, 1.165) is 13.4 Å². The van der Waals surface area contributed by atoms with Gasteiger partial charge in [0.25, 0.3) is 0 Å². The van der Waals surface area contributed by atoms with Gasteiger partial charge in [0.1, 0.15) is 6.29 Å². The number of carbonyl (C=O) groups is 3. The number of rotatable bonds is 6. The molecular weight excluding hydrogens is 318 g/mol. The molecule has 142 valence electrons. The van der Waals surface area contributed by atoms with Crippen molar-refractivity contribution in [3.05, 3.63) is 0 Å². The SMILES string of the molecule is CC.CO.O=CCN1CCN(CC(=O)O)CCN(CC(=O)O)CC1. The van der Waals surface area contributed by atoms with Crippen LogP contribution in [-0.2, 0) is 14.4 Å². The molecule has 0 aromatic rings. The monoisotopic (exact) mass is 349 g/mol. The number of carboxylic acid groups (broad SMARTS) is 2. The Hall–Kier alpha value is -1.55. The van der Waals surface area contributed by atoms with Gasteiger partial charge in [0.15, 0.2) is 0 Å². The van der Waals surface area contributed by atoms with Crippen LogP contribution in [0.4, 0.5) is 0 Å². The van der Waals surface area contributed by atoms with E-state index < -0.39 is 11.9 Å². The van der Waals surface area contributed by atoms with Crippen LogP contribution in [0, 0.1) is 0 Å². The highest BCUT2D eigenvalue weighted by Crippen LogP contribution is 2.00. The fourth-order valence-corrected chi connectivity index (χ4v) is 2.17. The van der Waals surface area contributed by atoms with Gasteiger partial charge >= 0.3 is 11.9 Å². The van der Waals surface area contributed by atoms with E-state index in [1.54, 1.807) is 9.80 Å². The zero-order valence-electron chi connectivity index (χ0n) is 14.8. The summed E-state index contributed by atoms with van der Waals surface area (Å²) in [6.07, 6.45) is 0.807. The lowest BCUT2D eigenvalue weighted by molar-refractivity contribution is -0.140. The van der Waals surface area contributed by atoms with Gasteiger partial charge in [-0.25, -0.2) is 0 Å². The van der Waals surface area contributed by atoms with Crippen molar-refractivity contribution in [2.75, 3.05) is 66.0 Å². The lowest BCUT2D eigenvalue weighted by Gasteiger charge is -2.23. The second-order valence-corrected chi connectivity index (χ2v) is 4.81. The minimum atomic E-state index is -0.907. The fraction of sp³-hybridized carbons (Fsp3) is 0.800. The third-order valence-electron chi connectivity index (χ3n) is 3.25. The smallest absolute Gasteiger partial charge is 0.317 e. The zero-order valence-corrected chi connectivity index (χ0v) is 14.8. The first-order valence-corrected chi connectivity index (χ1v) is 8.00. The molecule has 0 bridgehead atoms. The second-order valence-electron chi connectivity index (χ2n) is 4.81. The van der Waals surface area contributed by atoms with Crippen LogP contribution in [0.15, 0.2) is 0 Å². The van der Waals surface area contributed by atoms with E-state index in [-0.39, 0.29) is 19.6 Å². The molecule has 1 heterocycles. The quantitative estimate of drug-likeness (QED) is 0.513. The van der Waals surface area contributed by atoms with Crippen LogP contribution in [0.25, 0.3) is 0 Å². The molecule has 1 fully saturated rings. The summed E-state index contributed by atoms with van der Waals surface area (Å²) in [5.74, 6) is -1.81. The molecular formula is C15H31N3O6. The van der Waals surface area contributed by atoms with E-state index in [1.165, 1.54) is 0 Å². The maximum absolute atomic E-state index is 10.8. The van der Waals surface area contributed by atoms with E-state index in [2.05, 4.69) is 0 Å². The number of aliphatic hydroxyl groups excluding tert-OH is 1. The molecule has 0 spiro atoms. The number of aldehydes is 1. The Labute approximate surface area is 143 Å². The number of hydrogen-bond acceptors (Lipinski definition) is 7. The van der Waals surface area contributed by atoms with Gasteiger partial charge in [-0.3, -0.25) is 24.3 Å². The number of aliphatic carboxylic acids is 2. The van der Waals surface area contributed by atoms with Gasteiger partial charge in [-0.15, -0.1) is 0 Å². The number of hydrogen-bond donors (Lipinski definition) is 3. The highest BCUT2D eigenvalue weighted by atomic mass is 16.4. The van der Waals surface area contributed by atoms with Crippen molar-refractivity contribution >= 4 is 18.2 Å². The number of carboxylic acids is 2. The lowest BCUT2D eigenvalue weighted by Crippen LogP contribution is -2.40. The van der Waals surface area contributed by atoms with Crippen LogP contribution in [0.1, 0.15) is 13.8 Å². The van der Waals surface area contributed by atoms with Gasteiger partial charge in [-0.2, -0.15) is 0 Å². The number of aliphatic hydroxyl groups is 1. The van der Waals surface area contributed by atoms with Crippen LogP contribution in [-0.4, -0.2) is 114 Å². The number of carbonyl (C=O) groups excluding carboxylic acids is 1. The van der Waals surface area contributed by atoms with Crippen molar-refractivity contribution in [2.45, 2.75) is 13.8 Å². The first-order chi connectivity index (χ1) is 11.5. The van der Waals surface area contributed by atoms with Gasteiger partial charge < -0.3 is 20.1 Å². The van der Waals surface area contributed by atoms with Crippen LogP contribution in [0.2, 0.25) is 0 Å². The molecule has 0 amide bonds. The maximum atomic E-state index is 10.8. The Morgan fingerprint density at radius 1 is 0.792 bits per heavy atom. The molecule has 9 nitrogen and oxygen atoms in total. The molecule has 1 aliphatic rings. The van der Waals surface area contributed by atoms with Crippen LogP contribution in [0.5, 0.6) is 0 Å². The molecule has 0 atom stereocenters. The predicted octanol–water partition coefficient (Wildman–Crippen LogP) is -1.09. The molecule has 0 unspecified atom stereocenters. The minimum absolute atomic E-state index is 0.0736. The van der Waals surface area contributed by atoms with Gasteiger partial charge in [0.05, 0.1) is 19.6 Å². The Morgan fingerprint density at radius 3 is 1.33 bits per heavy atom. The highest BCUT2D eigenvalue weighted by molar-refractivity contribution is 5.69. The summed E-state index contributed by atoms with van der Waals surface area (Å²) >= 11 is 0. The third kappa shape index (κ3) is 12.9. The first-order valence-electron chi connectivity index (χ1n) is 8.00. The Morgan fingerprint density at radius 2 is 1.08 bits per heavy atom. The van der Waals surface area contributed by atoms with Gasteiger partial charge in [0.2, 0.25) is 0 Å². The lowest BCUT2D eigenvalue weighted by atomic mass is 10.4. The second kappa shape index (κ2) is 16.3. The molecule has 1 saturated heterocycles. The molecule has 0 radical (unpaired) electrons. The van der Waals surface area contributed by atoms with Crippen molar-refractivity contribution in [3.8, 4) is 0 Å². The molecule has 24 heavy (non-hydrogen) atoms. The van der Waals surface area contributed by atoms with Crippen molar-refractivity contribution < 1.29 is 29.7 Å². The summed E-state index contributed by atoms with van der Waals surface area (Å²) in [6, 6.07) is 0. The average molecular weight is 349 g/mol. The van der Waals surface area contributed by atoms with Crippen molar-refractivity contribution in [2.24, 2.45) is 0 Å². The first kappa shape index (κ1) is 24.7. The van der Waals surface area contributed by atoms with E-state index in [1.807, 2.05) is 18.7 Å². The summed E-state index contributed by atoms with van der Waals surface area (Å²) in [5.41, 5.74) is 0. The standard InChI is InChI=1S/C12H21N3O5.C2H6.CH4O/c16-8-7-13-1-3-14(9-11(17)18)5-6-15(4-2-13)10-12(19)20;2*1-2/h8H,1-7,9-10H2,(H,17,18)(H,19,20);1-2H3;2H,1H3. The molecule has 0 aromatic carbocycles. The Bertz CT molecular complexity index is 326. The summed E-state index contributed by atoms with van der Waals surface area (Å²) in [5, 5.41) is 24.7. The van der Waals surface area contributed by atoms with Gasteiger partial charge in [-0.1, -0.05) is 13.8 Å². The van der Waals surface area contributed by atoms with Gasteiger partial charge in [0, 0.05) is 46.4 Å². The summed E-state index contributed by atoms with van der Waals surface area (Å²) in [4.78, 5) is 37.6. The molecule has 0 saturated carbocycles. The summed E-state index contributed by atoms with van der Waals surface area (Å²) in [7, 11) is 1.00. The molecule has 0 aromatic heterocycles. The van der Waals surface area contributed by atoms with Crippen LogP contribution < -0.4 is 0 Å². The van der Waals surface area contributed by atoms with E-state index in [4.69, 9.17) is 15.3 Å². The third-order valence-corrected chi connectivity index (χ3v) is 3.25. The molecule has 9 heteroatoms. The van der Waals surface area contributed by atoms with E-state index >= 15 is 0 Å². The van der Waals surface area contributed by atoms with Crippen molar-refractivity contribution in [1.82, 2.24) is 14.7 Å². The summed E-state index contributed by atoms with van der Waals surface area (Å²) < 4.78 is 0. The normalized spacial score (nSPS) is 17.0.